The number of halogens is 2. The molecule has 0 aliphatic carbocycles. The van der Waals surface area contributed by atoms with Crippen molar-refractivity contribution >= 4 is 38.4 Å². The number of pyridine rings is 2. The Morgan fingerprint density at radius 3 is 2.41 bits per heavy atom. The van der Waals surface area contributed by atoms with E-state index in [4.69, 9.17) is 11.6 Å². The molecule has 4 aromatic rings. The Balaban J connectivity index is 1.60. The van der Waals surface area contributed by atoms with Crippen LogP contribution in [0.3, 0.4) is 0 Å². The number of fused-ring (bicyclic) bond motifs is 1. The van der Waals surface area contributed by atoms with Gasteiger partial charge in [-0.1, -0.05) is 35.7 Å². The van der Waals surface area contributed by atoms with Crippen molar-refractivity contribution in [3.63, 3.8) is 0 Å². The van der Waals surface area contributed by atoms with Crippen LogP contribution in [0.5, 0.6) is 0 Å². The lowest BCUT2D eigenvalue weighted by Gasteiger charge is -2.03. The minimum absolute atomic E-state index is 0.724. The quantitative estimate of drug-likeness (QED) is 0.256. The normalized spacial score (nSPS) is 10.5. The van der Waals surface area contributed by atoms with Crippen LogP contribution in [0.2, 0.25) is 5.02 Å². The standard InChI is InChI=1S/C23H14BrClN2/c1-15-12-23(24)27-22-11-3-16(13-21(15)22)2-9-20-10-6-18(14-26-20)17-4-7-19(25)8-5-17/h3-8,10-14H,1H3. The maximum atomic E-state index is 5.94. The third-order valence-corrected chi connectivity index (χ3v) is 4.92. The fourth-order valence-corrected chi connectivity index (χ4v) is 3.51. The molecule has 4 rings (SSSR count). The lowest BCUT2D eigenvalue weighted by atomic mass is 10.1. The highest BCUT2D eigenvalue weighted by molar-refractivity contribution is 9.10. The molecule has 0 radical (unpaired) electrons. The minimum Gasteiger partial charge on any atom is -0.247 e. The van der Waals surface area contributed by atoms with Crippen molar-refractivity contribution in [3.8, 4) is 23.0 Å². The second-order valence-electron chi connectivity index (χ2n) is 6.18. The summed E-state index contributed by atoms with van der Waals surface area (Å²) in [5.74, 6) is 6.32. The number of nitrogens with zero attached hydrogens (tertiary/aromatic N) is 2. The number of hydrogen-bond acceptors (Lipinski definition) is 2. The molecule has 2 heterocycles. The molecule has 0 fully saturated rings. The van der Waals surface area contributed by atoms with E-state index >= 15 is 0 Å². The van der Waals surface area contributed by atoms with Gasteiger partial charge in [0.2, 0.25) is 0 Å². The van der Waals surface area contributed by atoms with Crippen LogP contribution < -0.4 is 0 Å². The van der Waals surface area contributed by atoms with Gasteiger partial charge in [0.05, 0.1) is 5.52 Å². The van der Waals surface area contributed by atoms with Crippen LogP contribution in [0, 0.1) is 18.8 Å². The molecule has 0 saturated heterocycles. The average Bonchev–Trinajstić information content (AvgIpc) is 2.67. The van der Waals surface area contributed by atoms with E-state index in [-0.39, 0.29) is 0 Å². The van der Waals surface area contributed by atoms with Crippen molar-refractivity contribution < 1.29 is 0 Å². The summed E-state index contributed by atoms with van der Waals surface area (Å²) in [5.41, 5.74) is 5.92. The molecular formula is C23H14BrClN2. The minimum atomic E-state index is 0.724. The predicted molar refractivity (Wildman–Crippen MR) is 115 cm³/mol. The van der Waals surface area contributed by atoms with E-state index in [2.05, 4.69) is 50.7 Å². The fourth-order valence-electron chi connectivity index (χ4n) is 2.85. The third-order valence-electron chi connectivity index (χ3n) is 4.26. The maximum absolute atomic E-state index is 5.94. The van der Waals surface area contributed by atoms with Gasteiger partial charge in [-0.25, -0.2) is 9.97 Å². The second-order valence-corrected chi connectivity index (χ2v) is 7.43. The highest BCUT2D eigenvalue weighted by atomic mass is 79.9. The smallest absolute Gasteiger partial charge is 0.113 e. The van der Waals surface area contributed by atoms with E-state index < -0.39 is 0 Å². The molecule has 0 atom stereocenters. The van der Waals surface area contributed by atoms with Gasteiger partial charge >= 0.3 is 0 Å². The number of aryl methyl sites for hydroxylation is 1. The molecule has 0 aliphatic rings. The zero-order valence-corrected chi connectivity index (χ0v) is 16.8. The zero-order valence-electron chi connectivity index (χ0n) is 14.5. The lowest BCUT2D eigenvalue weighted by molar-refractivity contribution is 1.29. The highest BCUT2D eigenvalue weighted by Gasteiger charge is 2.02. The highest BCUT2D eigenvalue weighted by Crippen LogP contribution is 2.22. The van der Waals surface area contributed by atoms with E-state index in [0.29, 0.717) is 0 Å². The Kier molecular flexibility index (Phi) is 4.94. The maximum Gasteiger partial charge on any atom is 0.113 e. The van der Waals surface area contributed by atoms with Crippen molar-refractivity contribution in [1.82, 2.24) is 9.97 Å². The first-order valence-corrected chi connectivity index (χ1v) is 9.56. The van der Waals surface area contributed by atoms with E-state index in [9.17, 15) is 0 Å². The predicted octanol–water partition coefficient (Wildman–Crippen LogP) is 6.42. The van der Waals surface area contributed by atoms with E-state index in [1.807, 2.05) is 60.8 Å². The topological polar surface area (TPSA) is 25.8 Å². The Morgan fingerprint density at radius 1 is 0.889 bits per heavy atom. The molecule has 130 valence electrons. The Bertz CT molecular complexity index is 1190. The molecule has 0 spiro atoms. The van der Waals surface area contributed by atoms with Crippen molar-refractivity contribution in [2.24, 2.45) is 0 Å². The Hall–Kier alpha value is -2.67. The molecular weight excluding hydrogens is 420 g/mol. The van der Waals surface area contributed by atoms with E-state index in [1.54, 1.807) is 0 Å². The van der Waals surface area contributed by atoms with Crippen molar-refractivity contribution in [3.05, 3.63) is 93.3 Å². The molecule has 0 amide bonds. The molecule has 2 aromatic heterocycles. The van der Waals surface area contributed by atoms with Crippen molar-refractivity contribution in [1.29, 1.82) is 0 Å². The van der Waals surface area contributed by atoms with Crippen LogP contribution in [-0.2, 0) is 0 Å². The first-order chi connectivity index (χ1) is 13.1. The van der Waals surface area contributed by atoms with Gasteiger partial charge in [-0.3, -0.25) is 0 Å². The van der Waals surface area contributed by atoms with Gasteiger partial charge in [-0.05, 0) is 82.4 Å². The zero-order chi connectivity index (χ0) is 18.8. The van der Waals surface area contributed by atoms with Gasteiger partial charge in [0.15, 0.2) is 0 Å². The number of benzene rings is 2. The summed E-state index contributed by atoms with van der Waals surface area (Å²) in [7, 11) is 0. The third kappa shape index (κ3) is 4.03. The molecule has 2 nitrogen and oxygen atoms in total. The largest absolute Gasteiger partial charge is 0.247 e. The molecule has 0 saturated carbocycles. The summed E-state index contributed by atoms with van der Waals surface area (Å²) in [6.07, 6.45) is 1.83. The molecule has 0 N–H and O–H groups in total. The fraction of sp³-hybridized carbons (Fsp3) is 0.0435. The second kappa shape index (κ2) is 7.52. The van der Waals surface area contributed by atoms with E-state index in [1.165, 1.54) is 5.56 Å². The summed E-state index contributed by atoms with van der Waals surface area (Å²) in [4.78, 5) is 8.95. The van der Waals surface area contributed by atoms with Crippen LogP contribution in [-0.4, -0.2) is 9.97 Å². The summed E-state index contributed by atoms with van der Waals surface area (Å²) in [5, 5.41) is 1.83. The molecule has 4 heteroatoms. The van der Waals surface area contributed by atoms with Crippen LogP contribution in [0.15, 0.2) is 71.5 Å². The Morgan fingerprint density at radius 2 is 1.67 bits per heavy atom. The number of aromatic nitrogens is 2. The Labute approximate surface area is 171 Å². The first kappa shape index (κ1) is 17.7. The summed E-state index contributed by atoms with van der Waals surface area (Å²) >= 11 is 9.37. The van der Waals surface area contributed by atoms with Gasteiger partial charge in [0.25, 0.3) is 0 Å². The monoisotopic (exact) mass is 432 g/mol. The molecule has 0 bridgehead atoms. The van der Waals surface area contributed by atoms with Crippen LogP contribution in [0.25, 0.3) is 22.0 Å². The number of rotatable bonds is 1. The van der Waals surface area contributed by atoms with Crippen molar-refractivity contribution in [2.45, 2.75) is 6.92 Å². The van der Waals surface area contributed by atoms with Crippen LogP contribution >= 0.6 is 27.5 Å². The van der Waals surface area contributed by atoms with Crippen LogP contribution in [0.4, 0.5) is 0 Å². The van der Waals surface area contributed by atoms with Gasteiger partial charge in [0.1, 0.15) is 10.3 Å². The van der Waals surface area contributed by atoms with Gasteiger partial charge in [-0.2, -0.15) is 0 Å². The molecule has 2 aromatic carbocycles. The van der Waals surface area contributed by atoms with Gasteiger partial charge in [-0.15, -0.1) is 0 Å². The summed E-state index contributed by atoms with van der Waals surface area (Å²) in [6.45, 7) is 2.07. The first-order valence-electron chi connectivity index (χ1n) is 8.39. The average molecular weight is 434 g/mol. The van der Waals surface area contributed by atoms with Gasteiger partial charge < -0.3 is 0 Å². The molecule has 0 unspecified atom stereocenters. The summed E-state index contributed by atoms with van der Waals surface area (Å²) < 4.78 is 0.844. The molecule has 27 heavy (non-hydrogen) atoms. The van der Waals surface area contributed by atoms with Crippen LogP contribution in [0.1, 0.15) is 16.8 Å². The van der Waals surface area contributed by atoms with E-state index in [0.717, 1.165) is 42.9 Å². The summed E-state index contributed by atoms with van der Waals surface area (Å²) in [6, 6.07) is 19.7. The molecule has 0 aliphatic heterocycles. The lowest BCUT2D eigenvalue weighted by Crippen LogP contribution is -1.87. The van der Waals surface area contributed by atoms with Gasteiger partial charge in [0, 0.05) is 27.7 Å². The SMILES string of the molecule is Cc1cc(Br)nc2ccc(C#Cc3ccc(-c4ccc(Cl)cc4)cn3)cc12. The van der Waals surface area contributed by atoms with Crippen molar-refractivity contribution in [2.75, 3.05) is 0 Å². The number of hydrogen-bond donors (Lipinski definition) is 0.